The molecular formula is C17H20O4. The maximum absolute atomic E-state index is 5.65. The molecule has 21 heavy (non-hydrogen) atoms. The second kappa shape index (κ2) is 6.88. The van der Waals surface area contributed by atoms with Crippen LogP contribution in [0.4, 0.5) is 0 Å². The summed E-state index contributed by atoms with van der Waals surface area (Å²) in [4.78, 5) is 0. The third kappa shape index (κ3) is 3.81. The zero-order valence-corrected chi connectivity index (χ0v) is 12.6. The fraction of sp³-hybridized carbons (Fsp3) is 0.294. The molecule has 1 heterocycles. The summed E-state index contributed by atoms with van der Waals surface area (Å²) in [6.07, 6.45) is 6.39. The van der Waals surface area contributed by atoms with E-state index in [1.165, 1.54) is 0 Å². The van der Waals surface area contributed by atoms with Gasteiger partial charge in [0, 0.05) is 12.5 Å². The number of hydrogen-bond acceptors (Lipinski definition) is 4. The second-order valence-corrected chi connectivity index (χ2v) is 4.62. The van der Waals surface area contributed by atoms with Gasteiger partial charge in [0.15, 0.2) is 11.5 Å². The van der Waals surface area contributed by atoms with Crippen molar-refractivity contribution in [3.8, 4) is 11.5 Å². The fourth-order valence-corrected chi connectivity index (χ4v) is 2.13. The Labute approximate surface area is 125 Å². The van der Waals surface area contributed by atoms with Crippen LogP contribution in [0.2, 0.25) is 0 Å². The number of allylic oxidation sites excluding steroid dienone is 1. The van der Waals surface area contributed by atoms with E-state index in [0.29, 0.717) is 23.7 Å². The van der Waals surface area contributed by atoms with E-state index in [1.807, 2.05) is 30.4 Å². The third-order valence-corrected chi connectivity index (χ3v) is 3.20. The minimum absolute atomic E-state index is 0.0782. The average molecular weight is 288 g/mol. The summed E-state index contributed by atoms with van der Waals surface area (Å²) in [6, 6.07) is 5.75. The van der Waals surface area contributed by atoms with Crippen LogP contribution < -0.4 is 9.47 Å². The van der Waals surface area contributed by atoms with Crippen molar-refractivity contribution in [2.24, 2.45) is 0 Å². The molecule has 0 saturated heterocycles. The molecule has 0 fully saturated rings. The van der Waals surface area contributed by atoms with Gasteiger partial charge in [0.05, 0.1) is 21.3 Å². The van der Waals surface area contributed by atoms with Crippen molar-refractivity contribution in [2.45, 2.75) is 12.5 Å². The maximum atomic E-state index is 5.65. The number of methoxy groups -OCH3 is 3. The molecule has 0 bridgehead atoms. The van der Waals surface area contributed by atoms with Crippen LogP contribution in [0.15, 0.2) is 48.4 Å². The molecule has 2 rings (SSSR count). The summed E-state index contributed by atoms with van der Waals surface area (Å²) in [7, 11) is 4.89. The van der Waals surface area contributed by atoms with E-state index in [4.69, 9.17) is 18.9 Å². The number of hydrogen-bond donors (Lipinski definition) is 0. The molecule has 0 aliphatic carbocycles. The van der Waals surface area contributed by atoms with Gasteiger partial charge >= 0.3 is 0 Å². The largest absolute Gasteiger partial charge is 0.501 e. The van der Waals surface area contributed by atoms with Crippen LogP contribution >= 0.6 is 0 Å². The lowest BCUT2D eigenvalue weighted by Crippen LogP contribution is -2.15. The zero-order chi connectivity index (χ0) is 15.2. The summed E-state index contributed by atoms with van der Waals surface area (Å²) >= 11 is 0. The van der Waals surface area contributed by atoms with E-state index in [1.54, 1.807) is 27.4 Å². The molecule has 1 aromatic carbocycles. The lowest BCUT2D eigenvalue weighted by atomic mass is 10.1. The molecule has 1 aliphatic heterocycles. The quantitative estimate of drug-likeness (QED) is 0.830. The molecule has 0 amide bonds. The minimum Gasteiger partial charge on any atom is -0.501 e. The predicted octanol–water partition coefficient (Wildman–Crippen LogP) is 3.55. The summed E-state index contributed by atoms with van der Waals surface area (Å²) in [6.45, 7) is 3.82. The molecule has 1 aliphatic rings. The van der Waals surface area contributed by atoms with Gasteiger partial charge in [-0.05, 0) is 23.8 Å². The standard InChI is InChI=1S/C17H20O4/c1-12-9-15(18-2)11-14(21-12)7-5-13-6-8-16(19-3)17(10-13)20-4/h5-10,14H,1,11H2,2-4H3/b7-5+/t14-/m0/s1. The van der Waals surface area contributed by atoms with Gasteiger partial charge in [-0.1, -0.05) is 18.7 Å². The van der Waals surface area contributed by atoms with Gasteiger partial charge in [0.25, 0.3) is 0 Å². The Kier molecular flexibility index (Phi) is 4.93. The molecule has 0 aromatic heterocycles. The Morgan fingerprint density at radius 2 is 1.90 bits per heavy atom. The van der Waals surface area contributed by atoms with E-state index >= 15 is 0 Å². The Hall–Kier alpha value is -2.36. The Morgan fingerprint density at radius 1 is 1.14 bits per heavy atom. The maximum Gasteiger partial charge on any atom is 0.161 e. The molecule has 0 N–H and O–H groups in total. The van der Waals surface area contributed by atoms with Crippen molar-refractivity contribution in [2.75, 3.05) is 21.3 Å². The highest BCUT2D eigenvalue weighted by atomic mass is 16.5. The predicted molar refractivity (Wildman–Crippen MR) is 82.3 cm³/mol. The molecule has 0 radical (unpaired) electrons. The van der Waals surface area contributed by atoms with Crippen LogP contribution in [0.1, 0.15) is 12.0 Å². The van der Waals surface area contributed by atoms with E-state index in [9.17, 15) is 0 Å². The van der Waals surface area contributed by atoms with Crippen molar-refractivity contribution in [3.05, 3.63) is 54.0 Å². The first-order valence-corrected chi connectivity index (χ1v) is 6.66. The van der Waals surface area contributed by atoms with Crippen molar-refractivity contribution in [3.63, 3.8) is 0 Å². The summed E-state index contributed by atoms with van der Waals surface area (Å²) < 4.78 is 21.4. The van der Waals surface area contributed by atoms with Gasteiger partial charge in [-0.25, -0.2) is 0 Å². The summed E-state index contributed by atoms with van der Waals surface area (Å²) in [5.41, 5.74) is 1.01. The van der Waals surface area contributed by atoms with Gasteiger partial charge in [-0.3, -0.25) is 0 Å². The molecule has 0 saturated carbocycles. The van der Waals surface area contributed by atoms with Crippen molar-refractivity contribution >= 4 is 6.08 Å². The summed E-state index contributed by atoms with van der Waals surface area (Å²) in [5.74, 6) is 2.89. The third-order valence-electron chi connectivity index (χ3n) is 3.20. The van der Waals surface area contributed by atoms with Crippen molar-refractivity contribution < 1.29 is 18.9 Å². The van der Waals surface area contributed by atoms with Crippen LogP contribution in [-0.4, -0.2) is 27.4 Å². The van der Waals surface area contributed by atoms with Gasteiger partial charge in [-0.15, -0.1) is 0 Å². The molecule has 0 spiro atoms. The second-order valence-electron chi connectivity index (χ2n) is 4.62. The van der Waals surface area contributed by atoms with Crippen LogP contribution in [0, 0.1) is 0 Å². The SMILES string of the molecule is C=C1C=C(OC)C[C@H](/C=C/c2ccc(OC)c(OC)c2)O1. The average Bonchev–Trinajstić information content (AvgIpc) is 2.52. The molecule has 4 heteroatoms. The first-order chi connectivity index (χ1) is 10.2. The summed E-state index contributed by atoms with van der Waals surface area (Å²) in [5, 5.41) is 0. The van der Waals surface area contributed by atoms with Crippen LogP contribution in [0.5, 0.6) is 11.5 Å². The molecule has 1 aromatic rings. The topological polar surface area (TPSA) is 36.9 Å². The molecule has 4 nitrogen and oxygen atoms in total. The highest BCUT2D eigenvalue weighted by Crippen LogP contribution is 2.28. The zero-order valence-electron chi connectivity index (χ0n) is 12.6. The highest BCUT2D eigenvalue weighted by Gasteiger charge is 2.16. The molecular weight excluding hydrogens is 268 g/mol. The Bertz CT molecular complexity index is 572. The van der Waals surface area contributed by atoms with E-state index in [0.717, 1.165) is 11.3 Å². The van der Waals surface area contributed by atoms with Crippen LogP contribution in [-0.2, 0) is 9.47 Å². The minimum atomic E-state index is -0.0782. The Balaban J connectivity index is 2.11. The van der Waals surface area contributed by atoms with Gasteiger partial charge < -0.3 is 18.9 Å². The number of ether oxygens (including phenoxy) is 4. The normalized spacial score (nSPS) is 18.1. The van der Waals surface area contributed by atoms with Crippen molar-refractivity contribution in [1.82, 2.24) is 0 Å². The van der Waals surface area contributed by atoms with Crippen molar-refractivity contribution in [1.29, 1.82) is 0 Å². The monoisotopic (exact) mass is 288 g/mol. The fourth-order valence-electron chi connectivity index (χ4n) is 2.13. The highest BCUT2D eigenvalue weighted by molar-refractivity contribution is 5.56. The van der Waals surface area contributed by atoms with Crippen LogP contribution in [0.25, 0.3) is 6.08 Å². The molecule has 112 valence electrons. The number of benzene rings is 1. The van der Waals surface area contributed by atoms with Crippen LogP contribution in [0.3, 0.4) is 0 Å². The van der Waals surface area contributed by atoms with Gasteiger partial charge in [0.1, 0.15) is 17.6 Å². The lowest BCUT2D eigenvalue weighted by molar-refractivity contribution is 0.126. The number of rotatable bonds is 5. The lowest BCUT2D eigenvalue weighted by Gasteiger charge is -2.22. The molecule has 0 unspecified atom stereocenters. The van der Waals surface area contributed by atoms with E-state index in [-0.39, 0.29) is 6.10 Å². The smallest absolute Gasteiger partial charge is 0.161 e. The van der Waals surface area contributed by atoms with Gasteiger partial charge in [0.2, 0.25) is 0 Å². The first kappa shape index (κ1) is 15.0. The van der Waals surface area contributed by atoms with Gasteiger partial charge in [-0.2, -0.15) is 0 Å². The van der Waals surface area contributed by atoms with E-state index in [2.05, 4.69) is 6.58 Å². The van der Waals surface area contributed by atoms with E-state index < -0.39 is 0 Å². The first-order valence-electron chi connectivity index (χ1n) is 6.66. The molecule has 1 atom stereocenters. The Morgan fingerprint density at radius 3 is 2.57 bits per heavy atom.